The van der Waals surface area contributed by atoms with Crippen molar-refractivity contribution in [1.29, 1.82) is 0 Å². The van der Waals surface area contributed by atoms with Gasteiger partial charge in [-0.05, 0) is 78.8 Å². The first-order valence-electron chi connectivity index (χ1n) is 15.8. The Morgan fingerprint density at radius 3 is 2.24 bits per heavy atom. The monoisotopic (exact) mass is 636 g/mol. The lowest BCUT2D eigenvalue weighted by Crippen LogP contribution is -2.55. The van der Waals surface area contributed by atoms with Crippen molar-refractivity contribution in [2.75, 3.05) is 59.0 Å². The number of carbonyl (C=O) groups excluding carboxylic acids is 2. The maximum absolute atomic E-state index is 13.7. The first-order chi connectivity index (χ1) is 21.9. The smallest absolute Gasteiger partial charge is 0.246 e. The molecule has 2 fully saturated rings. The number of hydrogen-bond donors (Lipinski definition) is 2. The van der Waals surface area contributed by atoms with Crippen LogP contribution in [-0.2, 0) is 25.5 Å². The number of nitrogens with zero attached hydrogens (tertiary/aromatic N) is 2. The van der Waals surface area contributed by atoms with Gasteiger partial charge in [0.1, 0.15) is 23.8 Å². The largest absolute Gasteiger partial charge is 0.388 e. The number of hydrogen-bond acceptors (Lipinski definition) is 5. The van der Waals surface area contributed by atoms with Gasteiger partial charge in [0, 0.05) is 5.69 Å². The third-order valence-electron chi connectivity index (χ3n) is 8.86. The molecule has 3 atom stereocenters. The number of carbonyl (C=O) groups is 2. The minimum absolute atomic E-state index is 0.00832. The van der Waals surface area contributed by atoms with Crippen LogP contribution in [0.4, 0.5) is 14.5 Å². The topological polar surface area (TPSA) is 88.1 Å². The fourth-order valence-electron chi connectivity index (χ4n) is 5.97. The standard InChI is InChI=1S/C36H43F2N3O5/c1-41(2,3)21-20-39-33(43)22-46-36(23-45-24-36)19-18-25-4-6-27(7-5-25)34-31(16-17-32(42)26-8-10-28(37)11-9-26)35(44)40(34)30-14-12-29(38)13-15-30/h4-15,31-32,34,42H,16-24H2,1-3H3/p+1/t31-,32+,34-/m1/s1. The maximum Gasteiger partial charge on any atom is 0.246 e. The molecule has 10 heteroatoms. The molecule has 3 aromatic carbocycles. The summed E-state index contributed by atoms with van der Waals surface area (Å²) in [6, 6.07) is 19.4. The van der Waals surface area contributed by atoms with Gasteiger partial charge in [-0.15, -0.1) is 0 Å². The molecule has 0 saturated carbocycles. The summed E-state index contributed by atoms with van der Waals surface area (Å²) in [5, 5.41) is 13.6. The highest BCUT2D eigenvalue weighted by Crippen LogP contribution is 2.46. The number of rotatable bonds is 15. The van der Waals surface area contributed by atoms with Crippen LogP contribution in [0.2, 0.25) is 0 Å². The lowest BCUT2D eigenvalue weighted by Gasteiger charge is -2.48. The Labute approximate surface area is 269 Å². The molecule has 2 saturated heterocycles. The number of halogens is 2. The van der Waals surface area contributed by atoms with E-state index in [9.17, 15) is 23.5 Å². The molecular formula is C36H44F2N3O5+. The number of ether oxygens (including phenoxy) is 2. The molecule has 0 aliphatic carbocycles. The summed E-state index contributed by atoms with van der Waals surface area (Å²) in [4.78, 5) is 27.4. The molecule has 2 amide bonds. The average Bonchev–Trinajstić information content (AvgIpc) is 3.00. The number of nitrogens with one attached hydrogen (secondary N) is 1. The fourth-order valence-corrected chi connectivity index (χ4v) is 5.97. The van der Waals surface area contributed by atoms with Crippen molar-refractivity contribution in [3.63, 3.8) is 0 Å². The number of quaternary nitrogens is 1. The first kappa shape index (κ1) is 33.7. The third kappa shape index (κ3) is 8.36. The third-order valence-corrected chi connectivity index (χ3v) is 8.86. The van der Waals surface area contributed by atoms with E-state index < -0.39 is 11.7 Å². The number of likely N-dealkylation sites (N-methyl/N-ethyl adjacent to an activating group) is 1. The SMILES string of the molecule is C[N+](C)(C)CCNC(=O)COC1(CCc2ccc([C@@H]3[C@@H](CC[C@H](O)c4ccc(F)cc4)C(=O)N3c3ccc(F)cc3)cc2)COC1. The number of benzene rings is 3. The number of amides is 2. The number of aliphatic hydroxyl groups is 1. The Bertz CT molecular complexity index is 1470. The van der Waals surface area contributed by atoms with Crippen LogP contribution in [0.5, 0.6) is 0 Å². The summed E-state index contributed by atoms with van der Waals surface area (Å²) in [7, 11) is 6.22. The molecule has 2 heterocycles. The molecule has 0 unspecified atom stereocenters. The van der Waals surface area contributed by atoms with Crippen LogP contribution in [-0.4, -0.2) is 81.1 Å². The van der Waals surface area contributed by atoms with Gasteiger partial charge in [-0.1, -0.05) is 36.4 Å². The zero-order valence-corrected chi connectivity index (χ0v) is 26.8. The van der Waals surface area contributed by atoms with E-state index in [1.165, 1.54) is 24.3 Å². The predicted octanol–water partition coefficient (Wildman–Crippen LogP) is 4.72. The second kappa shape index (κ2) is 14.4. The van der Waals surface area contributed by atoms with Crippen molar-refractivity contribution in [3.05, 3.63) is 101 Å². The summed E-state index contributed by atoms with van der Waals surface area (Å²) >= 11 is 0. The van der Waals surface area contributed by atoms with E-state index in [4.69, 9.17) is 9.47 Å². The second-order valence-electron chi connectivity index (χ2n) is 13.5. The maximum atomic E-state index is 13.7. The second-order valence-corrected chi connectivity index (χ2v) is 13.5. The van der Waals surface area contributed by atoms with E-state index in [0.29, 0.717) is 50.3 Å². The number of anilines is 1. The van der Waals surface area contributed by atoms with E-state index in [1.54, 1.807) is 29.2 Å². The number of β-lactam (4-membered cyclic amide) rings is 1. The summed E-state index contributed by atoms with van der Waals surface area (Å²) in [5.74, 6) is -1.35. The van der Waals surface area contributed by atoms with Crippen molar-refractivity contribution >= 4 is 17.5 Å². The van der Waals surface area contributed by atoms with Crippen molar-refractivity contribution in [3.8, 4) is 0 Å². The highest BCUT2D eigenvalue weighted by molar-refractivity contribution is 6.03. The van der Waals surface area contributed by atoms with Crippen LogP contribution in [0.25, 0.3) is 0 Å². The summed E-state index contributed by atoms with van der Waals surface area (Å²) in [6.07, 6.45) is 1.38. The van der Waals surface area contributed by atoms with Crippen molar-refractivity contribution in [1.82, 2.24) is 5.32 Å². The zero-order chi connectivity index (χ0) is 32.9. The van der Waals surface area contributed by atoms with Crippen LogP contribution >= 0.6 is 0 Å². The quantitative estimate of drug-likeness (QED) is 0.186. The molecule has 5 rings (SSSR count). The lowest BCUT2D eigenvalue weighted by molar-refractivity contribution is -0.869. The number of aliphatic hydroxyl groups excluding tert-OH is 1. The molecule has 0 spiro atoms. The summed E-state index contributed by atoms with van der Waals surface area (Å²) in [5.41, 5.74) is 2.75. The molecule has 246 valence electrons. The Kier molecular flexibility index (Phi) is 10.5. The van der Waals surface area contributed by atoms with Crippen LogP contribution in [0.3, 0.4) is 0 Å². The molecule has 2 aliphatic heterocycles. The van der Waals surface area contributed by atoms with Crippen molar-refractivity contribution in [2.24, 2.45) is 5.92 Å². The fraction of sp³-hybridized carbons (Fsp3) is 0.444. The molecular weight excluding hydrogens is 592 g/mol. The molecule has 3 aromatic rings. The number of aryl methyl sites for hydroxylation is 1. The Morgan fingerprint density at radius 1 is 1.02 bits per heavy atom. The molecule has 8 nitrogen and oxygen atoms in total. The van der Waals surface area contributed by atoms with Gasteiger partial charge in [-0.3, -0.25) is 9.59 Å². The molecule has 2 N–H and O–H groups in total. The molecule has 46 heavy (non-hydrogen) atoms. The van der Waals surface area contributed by atoms with E-state index >= 15 is 0 Å². The predicted molar refractivity (Wildman–Crippen MR) is 171 cm³/mol. The van der Waals surface area contributed by atoms with Crippen LogP contribution < -0.4 is 10.2 Å². The minimum atomic E-state index is -0.824. The van der Waals surface area contributed by atoms with Gasteiger partial charge < -0.3 is 29.3 Å². The molecule has 0 aromatic heterocycles. The average molecular weight is 637 g/mol. The Balaban J connectivity index is 1.21. The first-order valence-corrected chi connectivity index (χ1v) is 15.8. The Hall–Kier alpha value is -3.70. The van der Waals surface area contributed by atoms with Gasteiger partial charge in [-0.25, -0.2) is 8.78 Å². The van der Waals surface area contributed by atoms with E-state index in [1.807, 2.05) is 24.3 Å². The van der Waals surface area contributed by atoms with Crippen molar-refractivity contribution < 1.29 is 37.4 Å². The van der Waals surface area contributed by atoms with Gasteiger partial charge in [0.15, 0.2) is 0 Å². The highest BCUT2D eigenvalue weighted by Gasteiger charge is 2.48. The van der Waals surface area contributed by atoms with E-state index in [-0.39, 0.29) is 42.0 Å². The summed E-state index contributed by atoms with van der Waals surface area (Å²) in [6.45, 7) is 2.29. The lowest BCUT2D eigenvalue weighted by atomic mass is 9.78. The minimum Gasteiger partial charge on any atom is -0.388 e. The summed E-state index contributed by atoms with van der Waals surface area (Å²) < 4.78 is 39.3. The van der Waals surface area contributed by atoms with Crippen LogP contribution in [0.15, 0.2) is 72.8 Å². The van der Waals surface area contributed by atoms with Gasteiger partial charge in [0.2, 0.25) is 11.8 Å². The van der Waals surface area contributed by atoms with Gasteiger partial charge in [0.05, 0.1) is 65.5 Å². The van der Waals surface area contributed by atoms with Crippen LogP contribution in [0.1, 0.15) is 48.1 Å². The highest BCUT2D eigenvalue weighted by atomic mass is 19.1. The Morgan fingerprint density at radius 2 is 1.65 bits per heavy atom. The van der Waals surface area contributed by atoms with Gasteiger partial charge in [-0.2, -0.15) is 0 Å². The zero-order valence-electron chi connectivity index (χ0n) is 26.8. The normalized spacial score (nSPS) is 19.7. The molecule has 0 bridgehead atoms. The van der Waals surface area contributed by atoms with Crippen molar-refractivity contribution in [2.45, 2.75) is 43.4 Å². The molecule has 0 radical (unpaired) electrons. The van der Waals surface area contributed by atoms with Gasteiger partial charge >= 0.3 is 0 Å². The van der Waals surface area contributed by atoms with Gasteiger partial charge in [0.25, 0.3) is 0 Å². The molecule has 2 aliphatic rings. The van der Waals surface area contributed by atoms with E-state index in [0.717, 1.165) is 28.6 Å². The van der Waals surface area contributed by atoms with Crippen LogP contribution in [0, 0.1) is 17.6 Å². The van der Waals surface area contributed by atoms with E-state index in [2.05, 4.69) is 26.5 Å².